The Morgan fingerprint density at radius 1 is 1.37 bits per heavy atom. The minimum absolute atomic E-state index is 0.314. The van der Waals surface area contributed by atoms with Gasteiger partial charge in [0, 0.05) is 12.6 Å². The van der Waals surface area contributed by atoms with E-state index in [4.69, 9.17) is 0 Å². The van der Waals surface area contributed by atoms with Gasteiger partial charge in [-0.15, -0.1) is 0 Å². The summed E-state index contributed by atoms with van der Waals surface area (Å²) < 4.78 is 0. The Kier molecular flexibility index (Phi) is 4.51. The molecule has 4 heteroatoms. The van der Waals surface area contributed by atoms with Crippen LogP contribution >= 0.6 is 0 Å². The minimum atomic E-state index is -0.722. The first-order chi connectivity index (χ1) is 9.01. The van der Waals surface area contributed by atoms with Crippen LogP contribution < -0.4 is 5.32 Å². The molecule has 0 aromatic heterocycles. The second-order valence-corrected chi connectivity index (χ2v) is 6.41. The lowest BCUT2D eigenvalue weighted by Gasteiger charge is -2.43. The number of piperidine rings is 1. The number of carboxylic acids is 1. The molecule has 0 radical (unpaired) electrons. The van der Waals surface area contributed by atoms with Crippen molar-refractivity contribution in [3.63, 3.8) is 0 Å². The number of nitrogens with one attached hydrogen (secondary N) is 1. The molecule has 2 rings (SSSR count). The van der Waals surface area contributed by atoms with E-state index in [-0.39, 0.29) is 0 Å². The Hall–Kier alpha value is -0.610. The first-order valence-corrected chi connectivity index (χ1v) is 7.73. The zero-order valence-electron chi connectivity index (χ0n) is 12.5. The molecule has 0 aromatic carbocycles. The van der Waals surface area contributed by atoms with Gasteiger partial charge in [0.15, 0.2) is 0 Å². The van der Waals surface area contributed by atoms with Crippen LogP contribution in [0.25, 0.3) is 0 Å². The summed E-state index contributed by atoms with van der Waals surface area (Å²) in [5, 5.41) is 13.1. The van der Waals surface area contributed by atoms with Crippen LogP contribution in [-0.2, 0) is 4.79 Å². The molecule has 1 heterocycles. The zero-order valence-corrected chi connectivity index (χ0v) is 12.5. The number of nitrogens with zero attached hydrogens (tertiary/aromatic N) is 1. The fourth-order valence-corrected chi connectivity index (χ4v) is 3.50. The monoisotopic (exact) mass is 268 g/mol. The lowest BCUT2D eigenvalue weighted by Crippen LogP contribution is -2.62. The van der Waals surface area contributed by atoms with Crippen molar-refractivity contribution in [2.75, 3.05) is 19.6 Å². The van der Waals surface area contributed by atoms with Crippen molar-refractivity contribution >= 4 is 5.97 Å². The first-order valence-electron chi connectivity index (χ1n) is 7.73. The standard InChI is InChI=1S/C15H28N2O2/c1-4-16-15(14(18)19,13-7-8-13)10-17-9-5-6-11(2)12(17)3/h11-13,16H,4-10H2,1-3H3,(H,18,19). The quantitative estimate of drug-likeness (QED) is 0.773. The minimum Gasteiger partial charge on any atom is -0.480 e. The van der Waals surface area contributed by atoms with Crippen LogP contribution in [0.15, 0.2) is 0 Å². The summed E-state index contributed by atoms with van der Waals surface area (Å²) in [6.45, 7) is 8.95. The van der Waals surface area contributed by atoms with Crippen LogP contribution in [0.2, 0.25) is 0 Å². The average Bonchev–Trinajstić information content (AvgIpc) is 3.18. The fourth-order valence-electron chi connectivity index (χ4n) is 3.50. The summed E-state index contributed by atoms with van der Waals surface area (Å²) in [5.41, 5.74) is -0.722. The Bertz CT molecular complexity index is 330. The van der Waals surface area contributed by atoms with E-state index < -0.39 is 11.5 Å². The maximum atomic E-state index is 11.9. The highest BCUT2D eigenvalue weighted by Crippen LogP contribution is 2.41. The summed E-state index contributed by atoms with van der Waals surface area (Å²) in [6, 6.07) is 0.491. The number of aliphatic carboxylic acids is 1. The number of carboxylic acid groups (broad SMARTS) is 1. The molecule has 1 saturated carbocycles. The second-order valence-electron chi connectivity index (χ2n) is 6.41. The maximum absolute atomic E-state index is 11.9. The van der Waals surface area contributed by atoms with Gasteiger partial charge in [-0.05, 0) is 57.5 Å². The third-order valence-electron chi connectivity index (χ3n) is 5.10. The molecule has 3 unspecified atom stereocenters. The third-order valence-corrected chi connectivity index (χ3v) is 5.10. The van der Waals surface area contributed by atoms with E-state index in [1.165, 1.54) is 12.8 Å². The third kappa shape index (κ3) is 2.95. The largest absolute Gasteiger partial charge is 0.480 e. The van der Waals surface area contributed by atoms with E-state index in [1.807, 2.05) is 6.92 Å². The SMILES string of the molecule is CCNC(CN1CCCC(C)C1C)(C(=O)O)C1CC1. The van der Waals surface area contributed by atoms with Crippen LogP contribution in [0.5, 0.6) is 0 Å². The van der Waals surface area contributed by atoms with E-state index in [9.17, 15) is 9.90 Å². The molecule has 1 aliphatic carbocycles. The van der Waals surface area contributed by atoms with Gasteiger partial charge in [0.1, 0.15) is 5.54 Å². The van der Waals surface area contributed by atoms with Crippen molar-refractivity contribution in [1.82, 2.24) is 10.2 Å². The molecule has 0 amide bonds. The van der Waals surface area contributed by atoms with Gasteiger partial charge in [0.25, 0.3) is 0 Å². The van der Waals surface area contributed by atoms with Crippen LogP contribution in [-0.4, -0.2) is 47.2 Å². The average molecular weight is 268 g/mol. The second kappa shape index (κ2) is 5.80. The van der Waals surface area contributed by atoms with Gasteiger partial charge < -0.3 is 10.4 Å². The lowest BCUT2D eigenvalue weighted by molar-refractivity contribution is -0.147. The molecule has 2 aliphatic rings. The number of hydrogen-bond acceptors (Lipinski definition) is 3. The van der Waals surface area contributed by atoms with Gasteiger partial charge in [-0.2, -0.15) is 0 Å². The summed E-state index contributed by atoms with van der Waals surface area (Å²) in [4.78, 5) is 14.3. The van der Waals surface area contributed by atoms with E-state index in [0.29, 0.717) is 24.4 Å². The Morgan fingerprint density at radius 3 is 2.58 bits per heavy atom. The normalized spacial score (nSPS) is 31.9. The van der Waals surface area contributed by atoms with Gasteiger partial charge >= 0.3 is 5.97 Å². The van der Waals surface area contributed by atoms with Crippen molar-refractivity contribution in [2.24, 2.45) is 11.8 Å². The molecule has 1 aliphatic heterocycles. The Balaban J connectivity index is 2.12. The van der Waals surface area contributed by atoms with E-state index in [2.05, 4.69) is 24.1 Å². The molecule has 3 atom stereocenters. The topological polar surface area (TPSA) is 52.6 Å². The van der Waals surface area contributed by atoms with Crippen molar-refractivity contribution in [3.8, 4) is 0 Å². The number of hydrogen-bond donors (Lipinski definition) is 2. The van der Waals surface area contributed by atoms with Crippen LogP contribution in [0.3, 0.4) is 0 Å². The number of rotatable bonds is 6. The summed E-state index contributed by atoms with van der Waals surface area (Å²) >= 11 is 0. The zero-order chi connectivity index (χ0) is 14.0. The molecule has 110 valence electrons. The molecule has 2 fully saturated rings. The summed E-state index contributed by atoms with van der Waals surface area (Å²) in [6.07, 6.45) is 4.56. The molecule has 19 heavy (non-hydrogen) atoms. The molecular formula is C15H28N2O2. The lowest BCUT2D eigenvalue weighted by atomic mass is 9.87. The predicted octanol–water partition coefficient (Wildman–Crippen LogP) is 1.95. The smallest absolute Gasteiger partial charge is 0.325 e. The van der Waals surface area contributed by atoms with Gasteiger partial charge in [0.2, 0.25) is 0 Å². The van der Waals surface area contributed by atoms with E-state index in [1.54, 1.807) is 0 Å². The highest BCUT2D eigenvalue weighted by Gasteiger charge is 2.52. The van der Waals surface area contributed by atoms with Gasteiger partial charge in [-0.25, -0.2) is 0 Å². The van der Waals surface area contributed by atoms with Crippen molar-refractivity contribution in [3.05, 3.63) is 0 Å². The maximum Gasteiger partial charge on any atom is 0.325 e. The molecule has 0 aromatic rings. The Labute approximate surface area is 116 Å². The first kappa shape index (κ1) is 14.8. The number of likely N-dealkylation sites (N-methyl/N-ethyl adjacent to an activating group) is 1. The molecular weight excluding hydrogens is 240 g/mol. The summed E-state index contributed by atoms with van der Waals surface area (Å²) in [7, 11) is 0. The summed E-state index contributed by atoms with van der Waals surface area (Å²) in [5.74, 6) is 0.317. The van der Waals surface area contributed by atoms with Crippen molar-refractivity contribution in [2.45, 2.75) is 58.0 Å². The van der Waals surface area contributed by atoms with Gasteiger partial charge in [-0.3, -0.25) is 9.69 Å². The van der Waals surface area contributed by atoms with Gasteiger partial charge in [0.05, 0.1) is 0 Å². The predicted molar refractivity (Wildman–Crippen MR) is 76.2 cm³/mol. The molecule has 1 saturated heterocycles. The highest BCUT2D eigenvalue weighted by molar-refractivity contribution is 5.80. The van der Waals surface area contributed by atoms with Crippen LogP contribution in [0.4, 0.5) is 0 Å². The van der Waals surface area contributed by atoms with E-state index in [0.717, 1.165) is 25.9 Å². The number of carbonyl (C=O) groups is 1. The fraction of sp³-hybridized carbons (Fsp3) is 0.933. The van der Waals surface area contributed by atoms with Crippen molar-refractivity contribution < 1.29 is 9.90 Å². The van der Waals surface area contributed by atoms with Crippen LogP contribution in [0.1, 0.15) is 46.5 Å². The van der Waals surface area contributed by atoms with E-state index >= 15 is 0 Å². The Morgan fingerprint density at radius 2 is 2.05 bits per heavy atom. The molecule has 4 nitrogen and oxygen atoms in total. The molecule has 0 spiro atoms. The molecule has 2 N–H and O–H groups in total. The molecule has 0 bridgehead atoms. The van der Waals surface area contributed by atoms with Crippen molar-refractivity contribution in [1.29, 1.82) is 0 Å². The van der Waals surface area contributed by atoms with Gasteiger partial charge in [-0.1, -0.05) is 13.8 Å². The number of likely N-dealkylation sites (tertiary alicyclic amines) is 1. The highest BCUT2D eigenvalue weighted by atomic mass is 16.4. The van der Waals surface area contributed by atoms with Crippen LogP contribution in [0, 0.1) is 11.8 Å².